The third-order valence-electron chi connectivity index (χ3n) is 4.15. The summed E-state index contributed by atoms with van der Waals surface area (Å²) in [6, 6.07) is 33.2. The van der Waals surface area contributed by atoms with Gasteiger partial charge in [0.2, 0.25) is 0 Å². The van der Waals surface area contributed by atoms with Crippen molar-refractivity contribution in [1.29, 1.82) is 0 Å². The third-order valence-corrected chi connectivity index (χ3v) is 8.81. The Hall–Kier alpha value is -1.000. The van der Waals surface area contributed by atoms with Crippen LogP contribution in [0.25, 0.3) is 0 Å². The first-order valence-electron chi connectivity index (χ1n) is 7.93. The summed E-state index contributed by atoms with van der Waals surface area (Å²) >= 11 is 0. The quantitative estimate of drug-likeness (QED) is 0.550. The lowest BCUT2D eigenvalue weighted by atomic mass is 10.4. The lowest BCUT2D eigenvalue weighted by molar-refractivity contribution is -0.00000447. The Morgan fingerprint density at radius 3 is 1.12 bits per heavy atom. The molecule has 0 aliphatic rings. The largest absolute Gasteiger partial charge is 1.00 e. The van der Waals surface area contributed by atoms with Gasteiger partial charge >= 0.3 is 0 Å². The van der Waals surface area contributed by atoms with Gasteiger partial charge in [-0.05, 0) is 42.8 Å². The van der Waals surface area contributed by atoms with E-state index in [1.165, 1.54) is 28.5 Å². The molecule has 126 valence electrons. The van der Waals surface area contributed by atoms with E-state index in [-0.39, 0.29) is 26.9 Å². The van der Waals surface area contributed by atoms with Crippen molar-refractivity contribution in [3.05, 3.63) is 91.0 Å². The van der Waals surface area contributed by atoms with Crippen LogP contribution < -0.4 is 32.9 Å². The number of halogens is 1. The van der Waals surface area contributed by atoms with Crippen LogP contribution in [-0.4, -0.2) is 6.16 Å². The summed E-state index contributed by atoms with van der Waals surface area (Å²) in [7, 11) is -1.55. The first-order valence-corrected chi connectivity index (χ1v) is 9.90. The van der Waals surface area contributed by atoms with E-state index < -0.39 is 7.26 Å². The van der Waals surface area contributed by atoms with Crippen LogP contribution in [0.1, 0.15) is 13.3 Å². The minimum atomic E-state index is -1.55. The van der Waals surface area contributed by atoms with Crippen molar-refractivity contribution in [2.24, 2.45) is 0 Å². The second-order valence-corrected chi connectivity index (χ2v) is 9.16. The van der Waals surface area contributed by atoms with Crippen molar-refractivity contribution in [1.82, 2.24) is 0 Å². The fourth-order valence-corrected chi connectivity index (χ4v) is 7.60. The summed E-state index contributed by atoms with van der Waals surface area (Å²) in [5.41, 5.74) is 0. The van der Waals surface area contributed by atoms with E-state index in [1.807, 2.05) is 0 Å². The lowest BCUT2D eigenvalue weighted by Gasteiger charge is -2.27. The summed E-state index contributed by atoms with van der Waals surface area (Å²) in [6.45, 7) is 2.30. The monoisotopic (exact) mass is 418 g/mol. The molecule has 0 radical (unpaired) electrons. The van der Waals surface area contributed by atoms with Gasteiger partial charge in [-0.3, -0.25) is 0 Å². The molecule has 3 aromatic rings. The molecule has 0 saturated heterocycles. The molecule has 0 heterocycles. The topological polar surface area (TPSA) is 0 Å². The summed E-state index contributed by atoms with van der Waals surface area (Å²) in [4.78, 5) is 0. The van der Waals surface area contributed by atoms with Crippen LogP contribution in [0.2, 0.25) is 0 Å². The van der Waals surface area contributed by atoms with Crippen molar-refractivity contribution in [3.8, 4) is 0 Å². The molecule has 0 aliphatic heterocycles. The second-order valence-electron chi connectivity index (χ2n) is 5.54. The van der Waals surface area contributed by atoms with Gasteiger partial charge in [0.15, 0.2) is 0 Å². The Labute approximate surface area is 160 Å². The zero-order chi connectivity index (χ0) is 15.3. The van der Waals surface area contributed by atoms with E-state index in [4.69, 9.17) is 0 Å². The molecule has 0 aliphatic carbocycles. The fraction of sp³-hybridized carbons (Fsp3) is 0.143. The predicted molar refractivity (Wildman–Crippen MR) is 111 cm³/mol. The maximum absolute atomic E-state index is 2.31. The maximum Gasteiger partial charge on any atom is 0.112 e. The standard InChI is InChI=1S/C21H22P.BrH.H3P/c1-2-18-22(19-12-6-3-7-13-19,20-14-8-4-9-15-20)21-16-10-5-11-17-21;;/h3-17H,2,18H2,1H3;1H;1H3/q+1;;/p-1. The molecule has 0 bridgehead atoms. The molecule has 0 amide bonds. The number of hydrogen-bond acceptors (Lipinski definition) is 0. The highest BCUT2D eigenvalue weighted by atomic mass is 79.9. The smallest absolute Gasteiger partial charge is 0.112 e. The van der Waals surface area contributed by atoms with Gasteiger partial charge in [-0.1, -0.05) is 61.5 Å². The van der Waals surface area contributed by atoms with Gasteiger partial charge in [0.1, 0.15) is 23.2 Å². The van der Waals surface area contributed by atoms with Crippen molar-refractivity contribution < 1.29 is 17.0 Å². The van der Waals surface area contributed by atoms with E-state index in [0.717, 1.165) is 0 Å². The molecule has 3 aromatic carbocycles. The SMILES string of the molecule is CCC[P+](c1ccccc1)(c1ccccc1)c1ccccc1.P.[Br-]. The maximum atomic E-state index is 2.31. The van der Waals surface area contributed by atoms with E-state index in [0.29, 0.717) is 0 Å². The van der Waals surface area contributed by atoms with Gasteiger partial charge in [-0.2, -0.15) is 9.90 Å². The number of benzene rings is 3. The molecule has 0 N–H and O–H groups in total. The van der Waals surface area contributed by atoms with Crippen LogP contribution in [0.15, 0.2) is 91.0 Å². The molecule has 0 nitrogen and oxygen atoms in total. The summed E-state index contributed by atoms with van der Waals surface area (Å²) < 4.78 is 0. The third kappa shape index (κ3) is 4.15. The zero-order valence-corrected chi connectivity index (χ0v) is 18.0. The average Bonchev–Trinajstić information content (AvgIpc) is 2.62. The van der Waals surface area contributed by atoms with Gasteiger partial charge in [0, 0.05) is 0 Å². The average molecular weight is 419 g/mol. The van der Waals surface area contributed by atoms with Crippen LogP contribution in [-0.2, 0) is 0 Å². The molecule has 0 saturated carbocycles. The lowest BCUT2D eigenvalue weighted by Crippen LogP contribution is -3.00. The molecule has 24 heavy (non-hydrogen) atoms. The van der Waals surface area contributed by atoms with Crippen molar-refractivity contribution >= 4 is 33.1 Å². The van der Waals surface area contributed by atoms with E-state index in [9.17, 15) is 0 Å². The highest BCUT2D eigenvalue weighted by Crippen LogP contribution is 2.55. The zero-order valence-electron chi connectivity index (χ0n) is 14.1. The highest BCUT2D eigenvalue weighted by molar-refractivity contribution is 7.95. The van der Waals surface area contributed by atoms with E-state index >= 15 is 0 Å². The molecular formula is C21H25BrP2. The summed E-state index contributed by atoms with van der Waals surface area (Å²) in [5, 5.41) is 4.44. The predicted octanol–water partition coefficient (Wildman–Crippen LogP) is 1.45. The Bertz CT molecular complexity index is 603. The van der Waals surface area contributed by atoms with Crippen molar-refractivity contribution in [2.75, 3.05) is 6.16 Å². The molecular weight excluding hydrogens is 394 g/mol. The molecule has 3 heteroatoms. The van der Waals surface area contributed by atoms with Crippen LogP contribution in [0.4, 0.5) is 0 Å². The molecule has 1 atom stereocenters. The van der Waals surface area contributed by atoms with Crippen molar-refractivity contribution in [2.45, 2.75) is 13.3 Å². The Morgan fingerprint density at radius 1 is 0.583 bits per heavy atom. The van der Waals surface area contributed by atoms with Crippen LogP contribution in [0.5, 0.6) is 0 Å². The van der Waals surface area contributed by atoms with Crippen molar-refractivity contribution in [3.63, 3.8) is 0 Å². The van der Waals surface area contributed by atoms with Crippen LogP contribution in [0, 0.1) is 0 Å². The molecule has 0 aromatic heterocycles. The molecule has 0 fully saturated rings. The Balaban J connectivity index is 0.00000144. The van der Waals surface area contributed by atoms with Gasteiger partial charge < -0.3 is 17.0 Å². The minimum absolute atomic E-state index is 0. The Morgan fingerprint density at radius 2 is 0.875 bits per heavy atom. The normalized spacial score (nSPS) is 10.4. The molecule has 1 unspecified atom stereocenters. The van der Waals surface area contributed by atoms with E-state index in [1.54, 1.807) is 0 Å². The Kier molecular flexibility index (Phi) is 8.85. The number of hydrogen-bond donors (Lipinski definition) is 0. The van der Waals surface area contributed by atoms with E-state index in [2.05, 4.69) is 97.9 Å². The second kappa shape index (κ2) is 10.1. The van der Waals surface area contributed by atoms with Gasteiger partial charge in [-0.25, -0.2) is 0 Å². The fourth-order valence-electron chi connectivity index (χ4n) is 3.22. The van der Waals surface area contributed by atoms with Gasteiger partial charge in [-0.15, -0.1) is 0 Å². The summed E-state index contributed by atoms with van der Waals surface area (Å²) in [5.74, 6) is 0. The van der Waals surface area contributed by atoms with Gasteiger partial charge in [0.05, 0.1) is 6.16 Å². The highest BCUT2D eigenvalue weighted by Gasteiger charge is 2.43. The van der Waals surface area contributed by atoms with Gasteiger partial charge in [0.25, 0.3) is 0 Å². The minimum Gasteiger partial charge on any atom is -1.00 e. The molecule has 0 spiro atoms. The van der Waals surface area contributed by atoms with Crippen LogP contribution >= 0.6 is 17.2 Å². The summed E-state index contributed by atoms with van der Waals surface area (Å²) in [6.07, 6.45) is 2.40. The van der Waals surface area contributed by atoms with Crippen LogP contribution in [0.3, 0.4) is 0 Å². The molecule has 3 rings (SSSR count). The first-order chi connectivity index (χ1) is 10.9. The first kappa shape index (κ1) is 21.0. The number of rotatable bonds is 5.